The second kappa shape index (κ2) is 2.84. The normalized spacial score (nSPS) is 47.2. The summed E-state index contributed by atoms with van der Waals surface area (Å²) in [6.07, 6.45) is 6.12. The van der Waals surface area contributed by atoms with E-state index in [0.29, 0.717) is 14.9 Å². The molecule has 0 aromatic rings. The van der Waals surface area contributed by atoms with Crippen LogP contribution in [0.15, 0.2) is 0 Å². The zero-order valence-corrected chi connectivity index (χ0v) is 10.1. The van der Waals surface area contributed by atoms with Crippen LogP contribution in [0.2, 0.25) is 0 Å². The van der Waals surface area contributed by atoms with Crippen molar-refractivity contribution in [1.29, 1.82) is 0 Å². The molecular formula is C10H17IO. The molecule has 3 saturated carbocycles. The summed E-state index contributed by atoms with van der Waals surface area (Å²) in [4.78, 5) is 0. The van der Waals surface area contributed by atoms with Gasteiger partial charge in [-0.05, 0) is 44.9 Å². The third-order valence-corrected chi connectivity index (χ3v) is 4.99. The van der Waals surface area contributed by atoms with Crippen LogP contribution in [0.3, 0.4) is 0 Å². The van der Waals surface area contributed by atoms with E-state index in [4.69, 9.17) is 4.74 Å². The predicted octanol–water partition coefficient (Wildman–Crippen LogP) is 3.16. The average molecular weight is 280 g/mol. The molecule has 3 fully saturated rings. The largest absolute Gasteiger partial charge is 0.378 e. The maximum atomic E-state index is 5.71. The summed E-state index contributed by atoms with van der Waals surface area (Å²) in [5.41, 5.74) is 0.581. The predicted molar refractivity (Wildman–Crippen MR) is 58.7 cm³/mol. The Morgan fingerprint density at radius 3 is 2.50 bits per heavy atom. The van der Waals surface area contributed by atoms with Crippen molar-refractivity contribution in [3.05, 3.63) is 0 Å². The molecule has 3 aliphatic carbocycles. The van der Waals surface area contributed by atoms with Gasteiger partial charge in [0.1, 0.15) is 0 Å². The van der Waals surface area contributed by atoms with Crippen molar-refractivity contribution in [3.63, 3.8) is 0 Å². The number of hydrogen-bond acceptors (Lipinski definition) is 1. The highest BCUT2D eigenvalue weighted by Gasteiger charge is 2.61. The third kappa shape index (κ3) is 1.22. The van der Waals surface area contributed by atoms with E-state index in [0.717, 1.165) is 6.61 Å². The van der Waals surface area contributed by atoms with Crippen LogP contribution in [0, 0.1) is 5.41 Å². The first-order chi connectivity index (χ1) is 5.60. The summed E-state index contributed by atoms with van der Waals surface area (Å²) in [6.45, 7) is 5.22. The van der Waals surface area contributed by atoms with Crippen molar-refractivity contribution in [2.75, 3.05) is 6.61 Å². The van der Waals surface area contributed by atoms with E-state index in [9.17, 15) is 0 Å². The quantitative estimate of drug-likeness (QED) is 0.570. The van der Waals surface area contributed by atoms with Crippen molar-refractivity contribution in [2.45, 2.75) is 49.1 Å². The average Bonchev–Trinajstić information content (AvgIpc) is 2.42. The van der Waals surface area contributed by atoms with Gasteiger partial charge in [0.25, 0.3) is 0 Å². The zero-order valence-electron chi connectivity index (χ0n) is 7.90. The lowest BCUT2D eigenvalue weighted by atomic mass is 9.66. The number of rotatable bonds is 3. The minimum Gasteiger partial charge on any atom is -0.378 e. The fraction of sp³-hybridized carbons (Fsp3) is 1.00. The van der Waals surface area contributed by atoms with Crippen LogP contribution in [-0.2, 0) is 4.74 Å². The first kappa shape index (κ1) is 9.25. The van der Waals surface area contributed by atoms with E-state index in [1.165, 1.54) is 25.7 Å². The lowest BCUT2D eigenvalue weighted by Gasteiger charge is -2.47. The van der Waals surface area contributed by atoms with Gasteiger partial charge in [0.15, 0.2) is 0 Å². The number of hydrogen-bond donors (Lipinski definition) is 0. The summed E-state index contributed by atoms with van der Waals surface area (Å²) in [7, 11) is 0. The van der Waals surface area contributed by atoms with Gasteiger partial charge >= 0.3 is 0 Å². The lowest BCUT2D eigenvalue weighted by molar-refractivity contribution is -0.0507. The van der Waals surface area contributed by atoms with Gasteiger partial charge in [0.05, 0.1) is 6.10 Å². The van der Waals surface area contributed by atoms with Gasteiger partial charge in [-0.2, -0.15) is 0 Å². The van der Waals surface area contributed by atoms with Crippen LogP contribution >= 0.6 is 22.6 Å². The van der Waals surface area contributed by atoms with Gasteiger partial charge in [0, 0.05) is 10.0 Å². The maximum absolute atomic E-state index is 5.71. The second-order valence-electron chi connectivity index (χ2n) is 4.46. The van der Waals surface area contributed by atoms with Crippen LogP contribution in [0.1, 0.15) is 39.5 Å². The molecule has 1 nitrogen and oxygen atoms in total. The molecule has 1 atom stereocenters. The highest BCUT2D eigenvalue weighted by atomic mass is 127. The fourth-order valence-corrected chi connectivity index (χ4v) is 4.74. The lowest BCUT2D eigenvalue weighted by Crippen LogP contribution is -2.46. The van der Waals surface area contributed by atoms with Crippen molar-refractivity contribution in [2.24, 2.45) is 5.41 Å². The molecule has 1 unspecified atom stereocenters. The number of halogens is 1. The van der Waals surface area contributed by atoms with Gasteiger partial charge in [-0.25, -0.2) is 0 Å². The van der Waals surface area contributed by atoms with E-state index < -0.39 is 0 Å². The number of ether oxygens (including phenoxy) is 1. The van der Waals surface area contributed by atoms with E-state index >= 15 is 0 Å². The van der Waals surface area contributed by atoms with E-state index in [1.807, 2.05) is 0 Å². The molecule has 3 rings (SSSR count). The summed E-state index contributed by atoms with van der Waals surface area (Å²) in [5, 5.41) is 0. The second-order valence-corrected chi connectivity index (χ2v) is 6.75. The van der Waals surface area contributed by atoms with Crippen LogP contribution < -0.4 is 0 Å². The van der Waals surface area contributed by atoms with Crippen LogP contribution in [0.5, 0.6) is 0 Å². The molecule has 0 radical (unpaired) electrons. The summed E-state index contributed by atoms with van der Waals surface area (Å²) < 4.78 is 6.38. The smallest absolute Gasteiger partial charge is 0.0603 e. The van der Waals surface area contributed by atoms with Crippen molar-refractivity contribution in [1.82, 2.24) is 0 Å². The molecule has 2 bridgehead atoms. The van der Waals surface area contributed by atoms with Crippen LogP contribution in [0.4, 0.5) is 0 Å². The van der Waals surface area contributed by atoms with Crippen molar-refractivity contribution >= 4 is 22.6 Å². The van der Waals surface area contributed by atoms with Crippen molar-refractivity contribution < 1.29 is 4.74 Å². The Bertz CT molecular complexity index is 184. The van der Waals surface area contributed by atoms with Gasteiger partial charge in [-0.3, -0.25) is 0 Å². The van der Waals surface area contributed by atoms with Crippen LogP contribution in [0.25, 0.3) is 0 Å². The molecule has 70 valence electrons. The Hall–Kier alpha value is 0.690. The summed E-state index contributed by atoms with van der Waals surface area (Å²) in [6, 6.07) is 0. The molecular weight excluding hydrogens is 263 g/mol. The molecule has 0 heterocycles. The third-order valence-electron chi connectivity index (χ3n) is 3.69. The molecule has 0 saturated heterocycles. The van der Waals surface area contributed by atoms with E-state index in [2.05, 4.69) is 36.4 Å². The first-order valence-electron chi connectivity index (χ1n) is 4.91. The zero-order chi connectivity index (χ0) is 8.82. The molecule has 0 aromatic carbocycles. The highest BCUT2D eigenvalue weighted by molar-refractivity contribution is 14.1. The monoisotopic (exact) mass is 280 g/mol. The minimum atomic E-state index is 0.493. The van der Waals surface area contributed by atoms with Gasteiger partial charge in [-0.1, -0.05) is 22.6 Å². The van der Waals surface area contributed by atoms with Gasteiger partial charge in [0.2, 0.25) is 0 Å². The highest BCUT2D eigenvalue weighted by Crippen LogP contribution is 2.67. The summed E-state index contributed by atoms with van der Waals surface area (Å²) in [5.74, 6) is 0. The van der Waals surface area contributed by atoms with Gasteiger partial charge < -0.3 is 4.74 Å². The minimum absolute atomic E-state index is 0.493. The molecule has 0 aliphatic heterocycles. The number of alkyl halides is 1. The molecule has 0 spiro atoms. The molecule has 0 N–H and O–H groups in total. The molecule has 0 amide bonds. The Kier molecular flexibility index (Phi) is 2.19. The van der Waals surface area contributed by atoms with Crippen molar-refractivity contribution in [3.8, 4) is 0 Å². The molecule has 3 aliphatic rings. The Morgan fingerprint density at radius 2 is 2.08 bits per heavy atom. The van der Waals surface area contributed by atoms with E-state index in [-0.39, 0.29) is 0 Å². The number of fused-ring (bicyclic) bond motifs is 1. The maximum Gasteiger partial charge on any atom is 0.0603 e. The fourth-order valence-electron chi connectivity index (χ4n) is 2.95. The van der Waals surface area contributed by atoms with E-state index in [1.54, 1.807) is 0 Å². The Morgan fingerprint density at radius 1 is 1.42 bits per heavy atom. The molecule has 2 heteroatoms. The topological polar surface area (TPSA) is 9.23 Å². The first-order valence-corrected chi connectivity index (χ1v) is 5.99. The standard InChI is InChI=1S/C10H17IO/c1-3-12-8(2)9-4-5-10(11,6-9)7-9/h8H,3-7H2,1-2H3. The molecule has 12 heavy (non-hydrogen) atoms. The summed E-state index contributed by atoms with van der Waals surface area (Å²) >= 11 is 2.65. The molecule has 0 aromatic heterocycles. The van der Waals surface area contributed by atoms with Crippen LogP contribution in [-0.4, -0.2) is 16.1 Å². The van der Waals surface area contributed by atoms with Gasteiger partial charge in [-0.15, -0.1) is 0 Å². The Balaban J connectivity index is 1.98. The Labute approximate surface area is 88.4 Å². The SMILES string of the molecule is CCOC(C)C12CCC(I)(C1)C2.